The second-order valence-corrected chi connectivity index (χ2v) is 5.54. The van der Waals surface area contributed by atoms with Gasteiger partial charge in [0.25, 0.3) is 0 Å². The van der Waals surface area contributed by atoms with Gasteiger partial charge in [0.1, 0.15) is 5.60 Å². The zero-order valence-corrected chi connectivity index (χ0v) is 13.9. The van der Waals surface area contributed by atoms with E-state index in [2.05, 4.69) is 5.10 Å². The molecule has 0 aliphatic carbocycles. The molecule has 0 bridgehead atoms. The summed E-state index contributed by atoms with van der Waals surface area (Å²) in [5.74, 6) is -2.19. The summed E-state index contributed by atoms with van der Waals surface area (Å²) in [6.45, 7) is 6.34. The van der Waals surface area contributed by atoms with Gasteiger partial charge in [0.15, 0.2) is 0 Å². The van der Waals surface area contributed by atoms with Crippen molar-refractivity contribution >= 4 is 24.0 Å². The number of ether oxygens (including phenoxy) is 3. The number of nitrogens with zero attached hydrogens (tertiary/aromatic N) is 2. The molecule has 0 aliphatic heterocycles. The largest absolute Gasteiger partial charge is 0.454 e. The zero-order chi connectivity index (χ0) is 18.3. The Morgan fingerprint density at radius 3 is 2.46 bits per heavy atom. The van der Waals surface area contributed by atoms with Crippen LogP contribution in [0, 0.1) is 5.41 Å². The van der Waals surface area contributed by atoms with Crippen molar-refractivity contribution in [1.29, 1.82) is 5.41 Å². The lowest BCUT2D eigenvalue weighted by Gasteiger charge is -2.23. The van der Waals surface area contributed by atoms with E-state index in [0.29, 0.717) is 0 Å². The summed E-state index contributed by atoms with van der Waals surface area (Å²) in [5.41, 5.74) is -0.866. The first-order valence-corrected chi connectivity index (χ1v) is 7.11. The molecule has 1 aromatic heterocycles. The van der Waals surface area contributed by atoms with E-state index in [1.165, 1.54) is 19.3 Å². The molecule has 1 atom stereocenters. The number of aromatic nitrogens is 2. The summed E-state index contributed by atoms with van der Waals surface area (Å²) >= 11 is 0. The Hall–Kier alpha value is -2.91. The SMILES string of the molecule is CCC(=O)OC(OC(=O)NC(=N)n1cccn1)C(=O)OC(C)(C)C. The van der Waals surface area contributed by atoms with E-state index < -0.39 is 35.9 Å². The molecule has 24 heavy (non-hydrogen) atoms. The molecule has 0 radical (unpaired) electrons. The van der Waals surface area contributed by atoms with Crippen LogP contribution in [-0.4, -0.2) is 45.7 Å². The van der Waals surface area contributed by atoms with Crippen LogP contribution < -0.4 is 5.32 Å². The normalized spacial score (nSPS) is 12.0. The second kappa shape index (κ2) is 8.09. The fraction of sp³-hybridized carbons (Fsp3) is 0.500. The lowest BCUT2D eigenvalue weighted by molar-refractivity contribution is -0.198. The van der Waals surface area contributed by atoms with E-state index in [9.17, 15) is 14.4 Å². The Balaban J connectivity index is 2.72. The Bertz CT molecular complexity index is 605. The Labute approximate surface area is 138 Å². The minimum absolute atomic E-state index is 0.0205. The van der Waals surface area contributed by atoms with E-state index in [4.69, 9.17) is 19.6 Å². The highest BCUT2D eigenvalue weighted by Crippen LogP contribution is 2.11. The molecule has 0 saturated heterocycles. The maximum Gasteiger partial charge on any atom is 0.417 e. The third-order valence-electron chi connectivity index (χ3n) is 2.29. The number of esters is 2. The molecular weight excluding hydrogens is 320 g/mol. The minimum atomic E-state index is -1.87. The Morgan fingerprint density at radius 2 is 1.96 bits per heavy atom. The number of nitrogens with one attached hydrogen (secondary N) is 2. The van der Waals surface area contributed by atoms with Crippen LogP contribution in [0.2, 0.25) is 0 Å². The van der Waals surface area contributed by atoms with Crippen LogP contribution in [0.5, 0.6) is 0 Å². The molecule has 0 spiro atoms. The molecule has 10 nitrogen and oxygen atoms in total. The third kappa shape index (κ3) is 6.46. The summed E-state index contributed by atoms with van der Waals surface area (Å²) in [6.07, 6.45) is -0.232. The number of hydrogen-bond acceptors (Lipinski definition) is 8. The van der Waals surface area contributed by atoms with Gasteiger partial charge in [-0.25, -0.2) is 14.3 Å². The van der Waals surface area contributed by atoms with Gasteiger partial charge in [-0.1, -0.05) is 6.92 Å². The maximum absolute atomic E-state index is 12.0. The Kier molecular flexibility index (Phi) is 6.45. The molecule has 1 aromatic rings. The molecule has 1 heterocycles. The first-order chi connectivity index (χ1) is 11.1. The summed E-state index contributed by atoms with van der Waals surface area (Å²) in [7, 11) is 0. The van der Waals surface area contributed by atoms with Gasteiger partial charge in [0.05, 0.1) is 0 Å². The maximum atomic E-state index is 12.0. The predicted molar refractivity (Wildman–Crippen MR) is 81.0 cm³/mol. The van der Waals surface area contributed by atoms with Crippen molar-refractivity contribution in [2.75, 3.05) is 0 Å². The molecule has 132 valence electrons. The molecular formula is C14H20N4O6. The quantitative estimate of drug-likeness (QED) is 0.362. The van der Waals surface area contributed by atoms with E-state index >= 15 is 0 Å². The van der Waals surface area contributed by atoms with Crippen LogP contribution in [0.1, 0.15) is 34.1 Å². The standard InChI is InChI=1S/C14H20N4O6/c1-5-9(19)22-11(10(20)24-14(2,3)4)23-13(21)17-12(15)18-8-6-7-16-18/h6-8,11H,5H2,1-4H3,(H2,15,17,21). The van der Waals surface area contributed by atoms with Crippen LogP contribution >= 0.6 is 0 Å². The number of carbonyl (C=O) groups excluding carboxylic acids is 3. The van der Waals surface area contributed by atoms with Crippen molar-refractivity contribution in [2.24, 2.45) is 0 Å². The highest BCUT2D eigenvalue weighted by molar-refractivity contribution is 5.93. The van der Waals surface area contributed by atoms with Gasteiger partial charge < -0.3 is 14.2 Å². The van der Waals surface area contributed by atoms with Gasteiger partial charge in [-0.05, 0) is 26.8 Å². The molecule has 0 saturated carbocycles. The number of carbonyl (C=O) groups is 3. The van der Waals surface area contributed by atoms with Crippen LogP contribution in [0.25, 0.3) is 0 Å². The lowest BCUT2D eigenvalue weighted by Crippen LogP contribution is -2.42. The minimum Gasteiger partial charge on any atom is -0.454 e. The smallest absolute Gasteiger partial charge is 0.417 e. The van der Waals surface area contributed by atoms with Crippen molar-refractivity contribution < 1.29 is 28.6 Å². The van der Waals surface area contributed by atoms with Crippen LogP contribution in [-0.2, 0) is 23.8 Å². The number of hydrogen-bond donors (Lipinski definition) is 2. The molecule has 0 fully saturated rings. The predicted octanol–water partition coefficient (Wildman–Crippen LogP) is 1.01. The van der Waals surface area contributed by atoms with E-state index in [0.717, 1.165) is 4.68 Å². The summed E-state index contributed by atoms with van der Waals surface area (Å²) < 4.78 is 15.6. The first kappa shape index (κ1) is 19.1. The van der Waals surface area contributed by atoms with Gasteiger partial charge in [0, 0.05) is 18.8 Å². The number of rotatable bonds is 4. The second-order valence-electron chi connectivity index (χ2n) is 5.54. The van der Waals surface area contributed by atoms with Gasteiger partial charge in [-0.3, -0.25) is 15.5 Å². The van der Waals surface area contributed by atoms with Crippen molar-refractivity contribution in [3.05, 3.63) is 18.5 Å². The third-order valence-corrected chi connectivity index (χ3v) is 2.29. The van der Waals surface area contributed by atoms with E-state index in [1.807, 2.05) is 5.32 Å². The van der Waals surface area contributed by atoms with Crippen LogP contribution in [0.4, 0.5) is 4.79 Å². The Morgan fingerprint density at radius 1 is 1.29 bits per heavy atom. The zero-order valence-electron chi connectivity index (χ0n) is 13.9. The molecule has 10 heteroatoms. The lowest BCUT2D eigenvalue weighted by atomic mass is 10.2. The molecule has 0 aliphatic rings. The molecule has 2 N–H and O–H groups in total. The molecule has 1 rings (SSSR count). The highest BCUT2D eigenvalue weighted by Gasteiger charge is 2.32. The van der Waals surface area contributed by atoms with Crippen molar-refractivity contribution in [1.82, 2.24) is 15.1 Å². The van der Waals surface area contributed by atoms with Crippen LogP contribution in [0.15, 0.2) is 18.5 Å². The summed E-state index contributed by atoms with van der Waals surface area (Å²) in [4.78, 5) is 35.2. The highest BCUT2D eigenvalue weighted by atomic mass is 16.7. The average molecular weight is 340 g/mol. The average Bonchev–Trinajstić information content (AvgIpc) is 2.98. The summed E-state index contributed by atoms with van der Waals surface area (Å²) in [6, 6.07) is 1.55. The van der Waals surface area contributed by atoms with Crippen LogP contribution in [0.3, 0.4) is 0 Å². The monoisotopic (exact) mass is 340 g/mol. The first-order valence-electron chi connectivity index (χ1n) is 7.11. The molecule has 1 unspecified atom stereocenters. The fourth-order valence-electron chi connectivity index (χ4n) is 1.35. The van der Waals surface area contributed by atoms with Crippen molar-refractivity contribution in [3.63, 3.8) is 0 Å². The van der Waals surface area contributed by atoms with Gasteiger partial charge in [-0.15, -0.1) is 0 Å². The van der Waals surface area contributed by atoms with Gasteiger partial charge >= 0.3 is 24.3 Å². The fourth-order valence-corrected chi connectivity index (χ4v) is 1.35. The molecule has 1 amide bonds. The van der Waals surface area contributed by atoms with Crippen molar-refractivity contribution in [3.8, 4) is 0 Å². The van der Waals surface area contributed by atoms with Crippen molar-refractivity contribution in [2.45, 2.75) is 46.0 Å². The van der Waals surface area contributed by atoms with E-state index in [1.54, 1.807) is 26.8 Å². The molecule has 0 aromatic carbocycles. The number of alkyl carbamates (subject to hydrolysis) is 1. The summed E-state index contributed by atoms with van der Waals surface area (Å²) in [5, 5.41) is 13.4. The van der Waals surface area contributed by atoms with E-state index in [-0.39, 0.29) is 6.42 Å². The van der Waals surface area contributed by atoms with Gasteiger partial charge in [-0.2, -0.15) is 5.10 Å². The number of amides is 1. The van der Waals surface area contributed by atoms with Gasteiger partial charge in [0.2, 0.25) is 5.96 Å². The topological polar surface area (TPSA) is 133 Å².